The Hall–Kier alpha value is -1.73. The fourth-order valence-electron chi connectivity index (χ4n) is 1.94. The van der Waals surface area contributed by atoms with Gasteiger partial charge in [-0.3, -0.25) is 0 Å². The first kappa shape index (κ1) is 15.7. The predicted octanol–water partition coefficient (Wildman–Crippen LogP) is 2.47. The number of hydrogen-bond acceptors (Lipinski definition) is 5. The molecule has 1 N–H and O–H groups in total. The van der Waals surface area contributed by atoms with Gasteiger partial charge in [-0.15, -0.1) is 11.3 Å². The molecule has 0 unspecified atom stereocenters. The lowest BCUT2D eigenvalue weighted by Gasteiger charge is -2.07. The van der Waals surface area contributed by atoms with Crippen molar-refractivity contribution in [3.63, 3.8) is 0 Å². The van der Waals surface area contributed by atoms with Gasteiger partial charge in [0.2, 0.25) is 0 Å². The highest BCUT2D eigenvalue weighted by Crippen LogP contribution is 2.20. The van der Waals surface area contributed by atoms with Crippen LogP contribution >= 0.6 is 11.3 Å². The van der Waals surface area contributed by atoms with Gasteiger partial charge in [0.15, 0.2) is 9.84 Å². The average molecular weight is 325 g/mol. The van der Waals surface area contributed by atoms with Gasteiger partial charge in [0.1, 0.15) is 0 Å². The Morgan fingerprint density at radius 2 is 2.05 bits per heavy atom. The van der Waals surface area contributed by atoms with Crippen molar-refractivity contribution < 1.29 is 18.3 Å². The van der Waals surface area contributed by atoms with E-state index in [1.54, 1.807) is 12.4 Å². The Kier molecular flexibility index (Phi) is 4.43. The second-order valence-corrected chi connectivity index (χ2v) is 7.76. The fraction of sp³-hybridized carbons (Fsp3) is 0.286. The van der Waals surface area contributed by atoms with E-state index in [0.717, 1.165) is 10.6 Å². The van der Waals surface area contributed by atoms with Crippen molar-refractivity contribution in [2.24, 2.45) is 0 Å². The molecular formula is C14H15NO4S2. The number of hydrogen-bond donors (Lipinski definition) is 1. The molecule has 0 saturated carbocycles. The van der Waals surface area contributed by atoms with Crippen molar-refractivity contribution in [1.82, 2.24) is 4.98 Å². The molecule has 2 rings (SSSR count). The van der Waals surface area contributed by atoms with Crippen LogP contribution in [0, 0.1) is 13.8 Å². The SMILES string of the molecule is Cc1ccc(S(=O)(=O)CCc2scnc2C)cc1C(=O)O. The zero-order chi connectivity index (χ0) is 15.6. The molecule has 0 amide bonds. The van der Waals surface area contributed by atoms with Crippen LogP contribution in [-0.2, 0) is 16.3 Å². The van der Waals surface area contributed by atoms with E-state index in [2.05, 4.69) is 4.98 Å². The molecule has 0 aliphatic carbocycles. The molecule has 112 valence electrons. The number of carboxylic acids is 1. The standard InChI is InChI=1S/C14H15NO4S2/c1-9-3-4-11(7-12(9)14(16)17)21(18,19)6-5-13-10(2)15-8-20-13/h3-4,7-8H,5-6H2,1-2H3,(H,16,17). The lowest BCUT2D eigenvalue weighted by Crippen LogP contribution is -2.11. The van der Waals surface area contributed by atoms with Crippen molar-refractivity contribution in [1.29, 1.82) is 0 Å². The van der Waals surface area contributed by atoms with Gasteiger partial charge in [-0.1, -0.05) is 6.07 Å². The largest absolute Gasteiger partial charge is 0.478 e. The highest BCUT2D eigenvalue weighted by atomic mass is 32.2. The Bertz CT molecular complexity index is 778. The molecule has 0 saturated heterocycles. The van der Waals surface area contributed by atoms with Crippen molar-refractivity contribution in [2.75, 3.05) is 5.75 Å². The van der Waals surface area contributed by atoms with Gasteiger partial charge < -0.3 is 5.11 Å². The summed E-state index contributed by atoms with van der Waals surface area (Å²) in [4.78, 5) is 16.2. The Balaban J connectivity index is 2.26. The molecule has 1 aromatic heterocycles. The molecule has 5 nitrogen and oxygen atoms in total. The average Bonchev–Trinajstić information content (AvgIpc) is 2.82. The zero-order valence-electron chi connectivity index (χ0n) is 11.7. The molecule has 7 heteroatoms. The van der Waals surface area contributed by atoms with Crippen LogP contribution in [0.15, 0.2) is 28.6 Å². The van der Waals surface area contributed by atoms with Crippen LogP contribution in [0.4, 0.5) is 0 Å². The molecule has 0 aliphatic heterocycles. The number of carbonyl (C=O) groups is 1. The van der Waals surface area contributed by atoms with Crippen LogP contribution in [0.3, 0.4) is 0 Å². The zero-order valence-corrected chi connectivity index (χ0v) is 13.3. The highest BCUT2D eigenvalue weighted by molar-refractivity contribution is 7.91. The van der Waals surface area contributed by atoms with Crippen molar-refractivity contribution in [2.45, 2.75) is 25.2 Å². The summed E-state index contributed by atoms with van der Waals surface area (Å²) < 4.78 is 24.6. The number of nitrogens with zero attached hydrogens (tertiary/aromatic N) is 1. The van der Waals surface area contributed by atoms with Gasteiger partial charge in [-0.05, 0) is 38.0 Å². The van der Waals surface area contributed by atoms with Gasteiger partial charge in [-0.2, -0.15) is 0 Å². The fourth-order valence-corrected chi connectivity index (χ4v) is 4.13. The number of aromatic carboxylic acids is 1. The summed E-state index contributed by atoms with van der Waals surface area (Å²) >= 11 is 1.43. The molecule has 0 aliphatic rings. The third-order valence-corrected chi connectivity index (χ3v) is 5.95. The number of carboxylic acid groups (broad SMARTS) is 1. The monoisotopic (exact) mass is 325 g/mol. The molecule has 0 bridgehead atoms. The lowest BCUT2D eigenvalue weighted by molar-refractivity contribution is 0.0696. The number of rotatable bonds is 5. The summed E-state index contributed by atoms with van der Waals surface area (Å²) in [6.45, 7) is 3.48. The minimum absolute atomic E-state index is 0.0186. The van der Waals surface area contributed by atoms with Crippen LogP contribution < -0.4 is 0 Å². The summed E-state index contributed by atoms with van der Waals surface area (Å²) in [6.07, 6.45) is 0.384. The molecule has 0 fully saturated rings. The highest BCUT2D eigenvalue weighted by Gasteiger charge is 2.18. The Morgan fingerprint density at radius 3 is 2.62 bits per heavy atom. The van der Waals surface area contributed by atoms with Gasteiger partial charge in [-0.25, -0.2) is 18.2 Å². The lowest BCUT2D eigenvalue weighted by atomic mass is 10.1. The molecule has 2 aromatic rings. The maximum Gasteiger partial charge on any atom is 0.335 e. The van der Waals surface area contributed by atoms with Crippen molar-refractivity contribution >= 4 is 27.1 Å². The van der Waals surface area contributed by atoms with Gasteiger partial charge >= 0.3 is 5.97 Å². The molecule has 1 heterocycles. The van der Waals surface area contributed by atoms with Gasteiger partial charge in [0.05, 0.1) is 27.4 Å². The van der Waals surface area contributed by atoms with Crippen LogP contribution in [0.1, 0.15) is 26.5 Å². The number of benzene rings is 1. The maximum atomic E-state index is 12.3. The Morgan fingerprint density at radius 1 is 1.33 bits per heavy atom. The third-order valence-electron chi connectivity index (χ3n) is 3.24. The molecule has 0 atom stereocenters. The van der Waals surface area contributed by atoms with Crippen LogP contribution in [0.25, 0.3) is 0 Å². The Labute approximate surface area is 127 Å². The van der Waals surface area contributed by atoms with Gasteiger partial charge in [0.25, 0.3) is 0 Å². The van der Waals surface area contributed by atoms with E-state index in [9.17, 15) is 13.2 Å². The van der Waals surface area contributed by atoms with E-state index in [4.69, 9.17) is 5.11 Å². The molecule has 0 radical (unpaired) electrons. The molecule has 21 heavy (non-hydrogen) atoms. The quantitative estimate of drug-likeness (QED) is 0.913. The molecular weight excluding hydrogens is 310 g/mol. The van der Waals surface area contributed by atoms with E-state index in [1.807, 2.05) is 6.92 Å². The maximum absolute atomic E-state index is 12.3. The van der Waals surface area contributed by atoms with Crippen molar-refractivity contribution in [3.8, 4) is 0 Å². The summed E-state index contributed by atoms with van der Waals surface area (Å²) in [5, 5.41) is 9.07. The number of aromatic nitrogens is 1. The first-order valence-electron chi connectivity index (χ1n) is 6.27. The number of thiazole rings is 1. The second-order valence-electron chi connectivity index (χ2n) is 4.71. The van der Waals surface area contributed by atoms with E-state index in [1.165, 1.54) is 29.5 Å². The van der Waals surface area contributed by atoms with Crippen LogP contribution in [-0.4, -0.2) is 30.2 Å². The smallest absolute Gasteiger partial charge is 0.335 e. The number of sulfone groups is 1. The van der Waals surface area contributed by atoms with Gasteiger partial charge in [0, 0.05) is 4.88 Å². The molecule has 1 aromatic carbocycles. The minimum atomic E-state index is -3.51. The van der Waals surface area contributed by atoms with E-state index in [0.29, 0.717) is 12.0 Å². The summed E-state index contributed by atoms with van der Waals surface area (Å²) in [5.74, 6) is -1.18. The normalized spacial score (nSPS) is 11.5. The first-order valence-corrected chi connectivity index (χ1v) is 8.80. The third kappa shape index (κ3) is 3.48. The van der Waals surface area contributed by atoms with E-state index < -0.39 is 15.8 Å². The van der Waals surface area contributed by atoms with Crippen molar-refractivity contribution in [3.05, 3.63) is 45.4 Å². The summed E-state index contributed by atoms with van der Waals surface area (Å²) in [6, 6.07) is 4.21. The second kappa shape index (κ2) is 5.95. The van der Waals surface area contributed by atoms with Crippen LogP contribution in [0.2, 0.25) is 0 Å². The molecule has 0 spiro atoms. The summed E-state index contributed by atoms with van der Waals surface area (Å²) in [7, 11) is -3.51. The topological polar surface area (TPSA) is 84.3 Å². The van der Waals surface area contributed by atoms with E-state index in [-0.39, 0.29) is 16.2 Å². The van der Waals surface area contributed by atoms with E-state index >= 15 is 0 Å². The summed E-state index contributed by atoms with van der Waals surface area (Å²) in [5.41, 5.74) is 3.08. The predicted molar refractivity (Wildman–Crippen MR) is 80.7 cm³/mol. The number of aryl methyl sites for hydroxylation is 3. The first-order chi connectivity index (χ1) is 9.81. The van der Waals surface area contributed by atoms with Crippen LogP contribution in [0.5, 0.6) is 0 Å². The minimum Gasteiger partial charge on any atom is -0.478 e.